The lowest BCUT2D eigenvalue weighted by molar-refractivity contribution is 0.607. The summed E-state index contributed by atoms with van der Waals surface area (Å²) in [4.78, 5) is 0. The highest BCUT2D eigenvalue weighted by Gasteiger charge is 2.06. The summed E-state index contributed by atoms with van der Waals surface area (Å²) in [5.74, 6) is 1.56. The first-order valence-electron chi connectivity index (χ1n) is 10.2. The van der Waals surface area contributed by atoms with Crippen molar-refractivity contribution < 1.29 is 0 Å². The van der Waals surface area contributed by atoms with Gasteiger partial charge in [-0.3, -0.25) is 0 Å². The normalized spacial score (nSPS) is 11.3. The van der Waals surface area contributed by atoms with E-state index in [0.29, 0.717) is 0 Å². The smallest absolute Gasteiger partial charge is 0.00189 e. The molecule has 0 aromatic heterocycles. The Morgan fingerprint density at radius 3 is 1.78 bits per heavy atom. The molecule has 23 heavy (non-hydrogen) atoms. The second-order valence-corrected chi connectivity index (χ2v) is 7.16. The van der Waals surface area contributed by atoms with E-state index in [1.54, 1.807) is 5.92 Å². The van der Waals surface area contributed by atoms with Crippen LogP contribution in [-0.4, -0.2) is 0 Å². The number of rotatable bonds is 14. The lowest BCUT2D eigenvalue weighted by Crippen LogP contribution is -1.96. The average Bonchev–Trinajstić information content (AvgIpc) is 2.58. The van der Waals surface area contributed by atoms with Gasteiger partial charge in [0.05, 0.1) is 0 Å². The van der Waals surface area contributed by atoms with Crippen molar-refractivity contribution in [1.82, 2.24) is 0 Å². The molecule has 0 aliphatic carbocycles. The minimum atomic E-state index is 1.25. The molecule has 0 spiro atoms. The SMILES string of the molecule is CCCCCCCCc1ccc([C](C)CCCCCCC)cc1. The van der Waals surface area contributed by atoms with E-state index in [0.717, 1.165) is 0 Å². The largest absolute Gasteiger partial charge is 0.0654 e. The maximum Gasteiger partial charge on any atom is 0.00189 e. The average molecular weight is 316 g/mol. The molecule has 0 nitrogen and oxygen atoms in total. The van der Waals surface area contributed by atoms with Crippen LogP contribution in [0.25, 0.3) is 0 Å². The van der Waals surface area contributed by atoms with Gasteiger partial charge in [0, 0.05) is 5.92 Å². The first-order valence-corrected chi connectivity index (χ1v) is 10.2. The lowest BCUT2D eigenvalue weighted by Gasteiger charge is -2.12. The van der Waals surface area contributed by atoms with E-state index in [1.807, 2.05) is 0 Å². The van der Waals surface area contributed by atoms with Gasteiger partial charge in [0.2, 0.25) is 0 Å². The first-order chi connectivity index (χ1) is 11.3. The zero-order chi connectivity index (χ0) is 16.8. The zero-order valence-electron chi connectivity index (χ0n) is 16.0. The third kappa shape index (κ3) is 9.84. The Balaban J connectivity index is 2.18. The molecule has 0 bridgehead atoms. The highest BCUT2D eigenvalue weighted by molar-refractivity contribution is 5.32. The van der Waals surface area contributed by atoms with Crippen molar-refractivity contribution >= 4 is 0 Å². The Morgan fingerprint density at radius 2 is 1.17 bits per heavy atom. The zero-order valence-corrected chi connectivity index (χ0v) is 16.0. The summed E-state index contributed by atoms with van der Waals surface area (Å²) in [6.45, 7) is 6.87. The molecule has 0 fully saturated rings. The van der Waals surface area contributed by atoms with Crippen molar-refractivity contribution in [3.05, 3.63) is 41.3 Å². The van der Waals surface area contributed by atoms with Crippen molar-refractivity contribution in [3.8, 4) is 0 Å². The van der Waals surface area contributed by atoms with Gasteiger partial charge >= 0.3 is 0 Å². The predicted molar refractivity (Wildman–Crippen MR) is 105 cm³/mol. The summed E-state index contributed by atoms with van der Waals surface area (Å²) < 4.78 is 0. The lowest BCUT2D eigenvalue weighted by atomic mass is 9.93. The summed E-state index contributed by atoms with van der Waals surface area (Å²) in [7, 11) is 0. The number of aryl methyl sites for hydroxylation is 1. The fraction of sp³-hybridized carbons (Fsp3) is 0.696. The minimum absolute atomic E-state index is 1.25. The van der Waals surface area contributed by atoms with Crippen LogP contribution < -0.4 is 0 Å². The Kier molecular flexibility index (Phi) is 12.0. The maximum atomic E-state index is 2.35. The van der Waals surface area contributed by atoms with E-state index < -0.39 is 0 Å². The molecule has 0 saturated heterocycles. The molecule has 0 aliphatic rings. The van der Waals surface area contributed by atoms with Crippen LogP contribution >= 0.6 is 0 Å². The van der Waals surface area contributed by atoms with Gasteiger partial charge in [0.1, 0.15) is 0 Å². The van der Waals surface area contributed by atoms with Crippen LogP contribution in [0.5, 0.6) is 0 Å². The third-order valence-corrected chi connectivity index (χ3v) is 4.92. The molecule has 1 radical (unpaired) electrons. The number of hydrogen-bond acceptors (Lipinski definition) is 0. The van der Waals surface area contributed by atoms with Gasteiger partial charge in [-0.15, -0.1) is 0 Å². The van der Waals surface area contributed by atoms with Crippen molar-refractivity contribution in [3.63, 3.8) is 0 Å². The molecular weight excluding hydrogens is 276 g/mol. The molecule has 0 heteroatoms. The van der Waals surface area contributed by atoms with Gasteiger partial charge in [0.15, 0.2) is 0 Å². The molecule has 0 N–H and O–H groups in total. The van der Waals surface area contributed by atoms with Crippen LogP contribution in [0.4, 0.5) is 0 Å². The molecule has 0 heterocycles. The van der Waals surface area contributed by atoms with Gasteiger partial charge in [0.25, 0.3) is 0 Å². The van der Waals surface area contributed by atoms with Gasteiger partial charge in [-0.2, -0.15) is 0 Å². The van der Waals surface area contributed by atoms with Gasteiger partial charge < -0.3 is 0 Å². The van der Waals surface area contributed by atoms with Crippen LogP contribution in [-0.2, 0) is 6.42 Å². The van der Waals surface area contributed by atoms with E-state index in [4.69, 9.17) is 0 Å². The van der Waals surface area contributed by atoms with Crippen molar-refractivity contribution in [1.29, 1.82) is 0 Å². The molecule has 1 aromatic rings. The molecule has 0 saturated carbocycles. The Bertz CT molecular complexity index is 362. The maximum absolute atomic E-state index is 2.35. The molecule has 131 valence electrons. The van der Waals surface area contributed by atoms with E-state index in [9.17, 15) is 0 Å². The molecular formula is C23H39. The van der Waals surface area contributed by atoms with Crippen molar-refractivity contribution in [2.75, 3.05) is 0 Å². The molecule has 1 aromatic carbocycles. The number of unbranched alkanes of at least 4 members (excludes halogenated alkanes) is 9. The summed E-state index contributed by atoms with van der Waals surface area (Å²) in [6, 6.07) is 9.38. The van der Waals surface area contributed by atoms with Gasteiger partial charge in [-0.25, -0.2) is 0 Å². The Hall–Kier alpha value is -0.780. The number of benzene rings is 1. The predicted octanol–water partition coefficient (Wildman–Crippen LogP) is 7.89. The summed E-state index contributed by atoms with van der Waals surface area (Å²) in [5.41, 5.74) is 2.96. The monoisotopic (exact) mass is 315 g/mol. The third-order valence-electron chi connectivity index (χ3n) is 4.92. The van der Waals surface area contributed by atoms with Crippen LogP contribution in [0.1, 0.15) is 109 Å². The summed E-state index contributed by atoms with van der Waals surface area (Å²) >= 11 is 0. The molecule has 0 atom stereocenters. The Morgan fingerprint density at radius 1 is 0.652 bits per heavy atom. The van der Waals surface area contributed by atoms with Crippen molar-refractivity contribution in [2.24, 2.45) is 0 Å². The fourth-order valence-corrected chi connectivity index (χ4v) is 3.20. The molecule has 0 unspecified atom stereocenters. The van der Waals surface area contributed by atoms with Crippen LogP contribution in [0, 0.1) is 5.92 Å². The first kappa shape index (κ1) is 20.3. The van der Waals surface area contributed by atoms with Crippen LogP contribution in [0.2, 0.25) is 0 Å². The van der Waals surface area contributed by atoms with Crippen LogP contribution in [0.15, 0.2) is 24.3 Å². The van der Waals surface area contributed by atoms with Gasteiger partial charge in [-0.05, 0) is 30.4 Å². The standard InChI is InChI=1S/C23H39/c1-4-6-8-10-12-14-16-22-17-19-23(20-18-22)21(3)15-13-11-9-7-5-2/h17-20H,4-16H2,1-3H3. The Labute approximate surface area is 146 Å². The second kappa shape index (κ2) is 13.6. The fourth-order valence-electron chi connectivity index (χ4n) is 3.20. The topological polar surface area (TPSA) is 0 Å². The van der Waals surface area contributed by atoms with Crippen molar-refractivity contribution in [2.45, 2.75) is 104 Å². The van der Waals surface area contributed by atoms with Gasteiger partial charge in [-0.1, -0.05) is 109 Å². The van der Waals surface area contributed by atoms with E-state index in [-0.39, 0.29) is 0 Å². The highest BCUT2D eigenvalue weighted by Crippen LogP contribution is 2.22. The highest BCUT2D eigenvalue weighted by atomic mass is 14.1. The van der Waals surface area contributed by atoms with E-state index in [2.05, 4.69) is 45.0 Å². The molecule has 1 rings (SSSR count). The quantitative estimate of drug-likeness (QED) is 0.306. The van der Waals surface area contributed by atoms with E-state index >= 15 is 0 Å². The summed E-state index contributed by atoms with van der Waals surface area (Å²) in [6.07, 6.45) is 17.7. The van der Waals surface area contributed by atoms with E-state index in [1.165, 1.54) is 94.6 Å². The molecule has 0 aliphatic heterocycles. The van der Waals surface area contributed by atoms with Crippen LogP contribution in [0.3, 0.4) is 0 Å². The summed E-state index contributed by atoms with van der Waals surface area (Å²) in [5, 5.41) is 0. The minimum Gasteiger partial charge on any atom is -0.0654 e. The second-order valence-electron chi connectivity index (χ2n) is 7.16. The molecule has 0 amide bonds. The number of hydrogen-bond donors (Lipinski definition) is 0.